The van der Waals surface area contributed by atoms with Gasteiger partial charge in [0.05, 0.1) is 5.75 Å². The lowest BCUT2D eigenvalue weighted by atomic mass is 9.68. The third-order valence-electron chi connectivity index (χ3n) is 5.62. The van der Waals surface area contributed by atoms with Crippen molar-refractivity contribution in [1.29, 1.82) is 0 Å². The van der Waals surface area contributed by atoms with Crippen LogP contribution < -0.4 is 0 Å². The standard InChI is InChI=1S/C10H15NO3S/c1-8(2)7-3-4-9(8)6-15(12,13)11-10(9,5-7)14-11/h7H,3-6H2,1-2H3/t7-,9+,10-,11?/m1/s1. The van der Waals surface area contributed by atoms with Gasteiger partial charge in [-0.05, 0) is 35.1 Å². The van der Waals surface area contributed by atoms with Crippen LogP contribution in [0.3, 0.4) is 0 Å². The van der Waals surface area contributed by atoms with Crippen LogP contribution in [0.1, 0.15) is 33.1 Å². The zero-order valence-corrected chi connectivity index (χ0v) is 9.80. The molecule has 2 heterocycles. The minimum absolute atomic E-state index is 0.116. The third kappa shape index (κ3) is 0.626. The van der Waals surface area contributed by atoms with Gasteiger partial charge in [0, 0.05) is 5.41 Å². The van der Waals surface area contributed by atoms with Gasteiger partial charge in [0.2, 0.25) is 10.0 Å². The minimum Gasteiger partial charge on any atom is -0.255 e. The van der Waals surface area contributed by atoms with Gasteiger partial charge in [-0.25, -0.2) is 8.42 Å². The van der Waals surface area contributed by atoms with Gasteiger partial charge in [0.15, 0.2) is 5.72 Å². The molecule has 0 N–H and O–H groups in total. The molecular weight excluding hydrogens is 214 g/mol. The summed E-state index contributed by atoms with van der Waals surface area (Å²) < 4.78 is 25.1. The number of sulfonamides is 1. The molecule has 1 unspecified atom stereocenters. The van der Waals surface area contributed by atoms with Crippen molar-refractivity contribution in [2.45, 2.75) is 38.8 Å². The summed E-state index contributed by atoms with van der Waals surface area (Å²) in [5.74, 6) is 0.946. The molecule has 4 nitrogen and oxygen atoms in total. The van der Waals surface area contributed by atoms with Crippen LogP contribution in [0.2, 0.25) is 0 Å². The third-order valence-corrected chi connectivity index (χ3v) is 7.35. The molecule has 2 aliphatic heterocycles. The highest BCUT2D eigenvalue weighted by atomic mass is 32.2. The van der Waals surface area contributed by atoms with E-state index in [9.17, 15) is 8.42 Å². The van der Waals surface area contributed by atoms with Crippen molar-refractivity contribution in [2.24, 2.45) is 16.7 Å². The van der Waals surface area contributed by atoms with E-state index in [1.54, 1.807) is 0 Å². The van der Waals surface area contributed by atoms with Crippen LogP contribution in [0.25, 0.3) is 0 Å². The average molecular weight is 229 g/mol. The van der Waals surface area contributed by atoms with Crippen molar-refractivity contribution in [2.75, 3.05) is 5.75 Å². The molecule has 2 saturated carbocycles. The summed E-state index contributed by atoms with van der Waals surface area (Å²) >= 11 is 0. The maximum absolute atomic E-state index is 11.9. The van der Waals surface area contributed by atoms with E-state index in [2.05, 4.69) is 13.8 Å². The van der Waals surface area contributed by atoms with Crippen LogP contribution in [0.15, 0.2) is 0 Å². The zero-order valence-electron chi connectivity index (χ0n) is 8.99. The van der Waals surface area contributed by atoms with Gasteiger partial charge in [-0.3, -0.25) is 4.84 Å². The van der Waals surface area contributed by atoms with Gasteiger partial charge >= 0.3 is 0 Å². The first-order chi connectivity index (χ1) is 6.86. The summed E-state index contributed by atoms with van der Waals surface area (Å²) in [4.78, 5) is 5.49. The molecule has 2 bridgehead atoms. The van der Waals surface area contributed by atoms with Gasteiger partial charge < -0.3 is 0 Å². The molecule has 0 amide bonds. The summed E-state index contributed by atoms with van der Waals surface area (Å²) in [7, 11) is -3.12. The van der Waals surface area contributed by atoms with Gasteiger partial charge in [-0.1, -0.05) is 13.8 Å². The van der Waals surface area contributed by atoms with E-state index in [1.165, 1.54) is 10.9 Å². The Morgan fingerprint density at radius 3 is 2.67 bits per heavy atom. The molecular formula is C10H15NO3S. The number of hydroxylamine groups is 1. The number of nitrogens with zero attached hydrogens (tertiary/aromatic N) is 1. The van der Waals surface area contributed by atoms with E-state index >= 15 is 0 Å². The summed E-state index contributed by atoms with van der Waals surface area (Å²) in [5.41, 5.74) is -0.424. The predicted octanol–water partition coefficient (Wildman–Crippen LogP) is 1.10. The lowest BCUT2D eigenvalue weighted by molar-refractivity contribution is 0.0724. The first-order valence-electron chi connectivity index (χ1n) is 5.58. The van der Waals surface area contributed by atoms with E-state index in [0.29, 0.717) is 11.7 Å². The fourth-order valence-corrected chi connectivity index (χ4v) is 7.01. The van der Waals surface area contributed by atoms with Crippen LogP contribution >= 0.6 is 0 Å². The van der Waals surface area contributed by atoms with Gasteiger partial charge in [0.1, 0.15) is 0 Å². The van der Waals surface area contributed by atoms with E-state index in [1.807, 2.05) is 0 Å². The van der Waals surface area contributed by atoms with Gasteiger partial charge in [0.25, 0.3) is 0 Å². The SMILES string of the molecule is CC1(C)[C@@H]2CC[C@]13CS(=O)(=O)N1O[C@@]13C2. The zero-order chi connectivity index (χ0) is 10.7. The molecule has 5 heteroatoms. The van der Waals surface area contributed by atoms with Crippen LogP contribution in [0.4, 0.5) is 0 Å². The van der Waals surface area contributed by atoms with Crippen molar-refractivity contribution < 1.29 is 13.3 Å². The van der Waals surface area contributed by atoms with Crippen molar-refractivity contribution in [3.63, 3.8) is 0 Å². The topological polar surface area (TPSA) is 49.7 Å². The molecule has 0 aromatic heterocycles. The molecule has 2 saturated heterocycles. The largest absolute Gasteiger partial charge is 0.255 e. The Hall–Kier alpha value is -0.130. The van der Waals surface area contributed by atoms with Gasteiger partial charge in [-0.2, -0.15) is 0 Å². The molecule has 4 fully saturated rings. The Bertz CT molecular complexity index is 471. The maximum atomic E-state index is 11.9. The molecule has 0 radical (unpaired) electrons. The summed E-state index contributed by atoms with van der Waals surface area (Å²) in [5, 5.41) is 0. The van der Waals surface area contributed by atoms with Crippen LogP contribution in [-0.2, 0) is 14.9 Å². The van der Waals surface area contributed by atoms with E-state index in [0.717, 1.165) is 12.8 Å². The van der Waals surface area contributed by atoms with Crippen molar-refractivity contribution >= 4 is 10.0 Å². The quantitative estimate of drug-likeness (QED) is 0.584. The Kier molecular flexibility index (Phi) is 1.13. The highest BCUT2D eigenvalue weighted by Crippen LogP contribution is 2.80. The lowest BCUT2D eigenvalue weighted by Gasteiger charge is -2.36. The molecule has 84 valence electrons. The van der Waals surface area contributed by atoms with Crippen LogP contribution in [0.5, 0.6) is 0 Å². The fraction of sp³-hybridized carbons (Fsp3) is 1.00. The first-order valence-corrected chi connectivity index (χ1v) is 7.19. The van der Waals surface area contributed by atoms with Crippen molar-refractivity contribution in [1.82, 2.24) is 4.47 Å². The van der Waals surface area contributed by atoms with Crippen molar-refractivity contribution in [3.05, 3.63) is 0 Å². The van der Waals surface area contributed by atoms with Crippen LogP contribution in [0, 0.1) is 16.7 Å². The molecule has 15 heavy (non-hydrogen) atoms. The monoisotopic (exact) mass is 229 g/mol. The number of hydrogen-bond acceptors (Lipinski definition) is 3. The van der Waals surface area contributed by atoms with E-state index in [4.69, 9.17) is 4.84 Å². The summed E-state index contributed by atoms with van der Waals surface area (Å²) in [6, 6.07) is 0. The lowest BCUT2D eigenvalue weighted by Crippen LogP contribution is -2.41. The predicted molar refractivity (Wildman–Crippen MR) is 53.0 cm³/mol. The molecule has 2 aliphatic carbocycles. The minimum atomic E-state index is -3.12. The summed E-state index contributed by atoms with van der Waals surface area (Å²) in [6.45, 7) is 4.44. The highest BCUT2D eigenvalue weighted by Gasteiger charge is 2.88. The second-order valence-electron chi connectivity index (χ2n) is 6.10. The van der Waals surface area contributed by atoms with Crippen molar-refractivity contribution in [3.8, 4) is 0 Å². The number of rotatable bonds is 0. The molecule has 0 aromatic rings. The van der Waals surface area contributed by atoms with Crippen LogP contribution in [-0.4, -0.2) is 24.4 Å². The summed E-state index contributed by atoms with van der Waals surface area (Å²) in [6.07, 6.45) is 3.10. The molecule has 4 atom stereocenters. The second-order valence-corrected chi connectivity index (χ2v) is 7.89. The van der Waals surface area contributed by atoms with E-state index in [-0.39, 0.29) is 10.8 Å². The Morgan fingerprint density at radius 2 is 2.13 bits per heavy atom. The first kappa shape index (κ1) is 8.96. The van der Waals surface area contributed by atoms with Gasteiger partial charge in [-0.15, -0.1) is 0 Å². The molecule has 4 rings (SSSR count). The normalized spacial score (nSPS) is 61.5. The maximum Gasteiger partial charge on any atom is 0.239 e. The Balaban J connectivity index is 1.99. The molecule has 0 aromatic carbocycles. The fourth-order valence-electron chi connectivity index (χ4n) is 4.59. The highest BCUT2D eigenvalue weighted by molar-refractivity contribution is 7.89. The number of fused-ring (bicyclic) bond motifs is 1. The second kappa shape index (κ2) is 1.89. The smallest absolute Gasteiger partial charge is 0.239 e. The molecule has 4 aliphatic rings. The average Bonchev–Trinajstić information content (AvgIpc) is 2.70. The Labute approximate surface area is 89.6 Å². The van der Waals surface area contributed by atoms with E-state index < -0.39 is 15.7 Å². The molecule has 2 spiro atoms. The Morgan fingerprint density at radius 1 is 1.40 bits per heavy atom. The number of hydrogen-bond donors (Lipinski definition) is 0.